The van der Waals surface area contributed by atoms with Crippen molar-refractivity contribution in [3.8, 4) is 0 Å². The number of thioether (sulfide) groups is 1. The first-order valence-corrected chi connectivity index (χ1v) is 10.5. The van der Waals surface area contributed by atoms with E-state index in [-0.39, 0.29) is 0 Å². The van der Waals surface area contributed by atoms with Crippen molar-refractivity contribution in [1.29, 1.82) is 0 Å². The van der Waals surface area contributed by atoms with Crippen LogP contribution in [0.3, 0.4) is 0 Å². The smallest absolute Gasteiger partial charge is 0.333 e. The Morgan fingerprint density at radius 1 is 1.23 bits per heavy atom. The lowest BCUT2D eigenvalue weighted by atomic mass is 9.95. The van der Waals surface area contributed by atoms with E-state index in [1.807, 2.05) is 0 Å². The highest BCUT2D eigenvalue weighted by Gasteiger charge is 2.64. The van der Waals surface area contributed by atoms with Gasteiger partial charge in [-0.25, -0.2) is 9.18 Å². The SMILES string of the molecule is CC(=O)OC(C)OC(=O)[C@@H]1N2C(=O)[C@@H](NC(=O)C(N)c3ccc(F)cc3)[C@H]2SC1(C)C. The molecule has 3 rings (SSSR count). The van der Waals surface area contributed by atoms with Gasteiger partial charge in [-0.15, -0.1) is 11.8 Å². The van der Waals surface area contributed by atoms with Crippen molar-refractivity contribution in [1.82, 2.24) is 10.2 Å². The summed E-state index contributed by atoms with van der Waals surface area (Å²) >= 11 is 1.35. The van der Waals surface area contributed by atoms with Gasteiger partial charge >= 0.3 is 11.9 Å². The van der Waals surface area contributed by atoms with E-state index >= 15 is 0 Å². The zero-order valence-electron chi connectivity index (χ0n) is 17.5. The Kier molecular flexibility index (Phi) is 6.28. The van der Waals surface area contributed by atoms with Crippen LogP contribution in [0.1, 0.15) is 39.3 Å². The van der Waals surface area contributed by atoms with Crippen LogP contribution in [-0.2, 0) is 28.7 Å². The molecule has 5 atom stereocenters. The number of hydrogen-bond acceptors (Lipinski definition) is 8. The molecule has 0 aromatic heterocycles. The Labute approximate surface area is 182 Å². The van der Waals surface area contributed by atoms with Crippen LogP contribution in [-0.4, -0.2) is 57.1 Å². The van der Waals surface area contributed by atoms with Crippen molar-refractivity contribution in [2.75, 3.05) is 0 Å². The first-order chi connectivity index (χ1) is 14.4. The van der Waals surface area contributed by atoms with Gasteiger partial charge in [0, 0.05) is 18.6 Å². The van der Waals surface area contributed by atoms with Crippen LogP contribution in [0.4, 0.5) is 4.39 Å². The maximum Gasteiger partial charge on any atom is 0.333 e. The Hall–Kier alpha value is -2.66. The second-order valence-electron chi connectivity index (χ2n) is 7.89. The average Bonchev–Trinajstić information content (AvgIpc) is 2.93. The molecule has 1 aromatic rings. The minimum Gasteiger partial charge on any atom is -0.426 e. The van der Waals surface area contributed by atoms with Crippen molar-refractivity contribution >= 4 is 35.5 Å². The van der Waals surface area contributed by atoms with Crippen LogP contribution < -0.4 is 11.1 Å². The number of hydrogen-bond donors (Lipinski definition) is 2. The summed E-state index contributed by atoms with van der Waals surface area (Å²) in [6, 6.07) is 2.35. The van der Waals surface area contributed by atoms with Crippen molar-refractivity contribution in [2.45, 2.75) is 62.2 Å². The number of nitrogens with zero attached hydrogens (tertiary/aromatic N) is 1. The maximum atomic E-state index is 13.1. The maximum absolute atomic E-state index is 13.1. The zero-order chi connectivity index (χ0) is 23.1. The Morgan fingerprint density at radius 2 is 1.84 bits per heavy atom. The van der Waals surface area contributed by atoms with E-state index in [4.69, 9.17) is 15.2 Å². The number of β-lactam (4-membered cyclic amide) rings is 1. The molecule has 9 nitrogen and oxygen atoms in total. The van der Waals surface area contributed by atoms with Gasteiger partial charge in [-0.05, 0) is 31.5 Å². The first kappa shape index (κ1) is 23.0. The van der Waals surface area contributed by atoms with E-state index in [0.29, 0.717) is 5.56 Å². The molecular formula is C20H24FN3O6S. The minimum absolute atomic E-state index is 0.405. The summed E-state index contributed by atoms with van der Waals surface area (Å²) in [4.78, 5) is 50.4. The number of rotatable bonds is 6. The molecular weight excluding hydrogens is 429 g/mol. The van der Waals surface area contributed by atoms with E-state index in [2.05, 4.69) is 5.32 Å². The summed E-state index contributed by atoms with van der Waals surface area (Å²) < 4.78 is 22.4. The van der Waals surface area contributed by atoms with Crippen LogP contribution in [0.5, 0.6) is 0 Å². The molecule has 3 N–H and O–H groups in total. The molecule has 0 aliphatic carbocycles. The molecule has 2 unspecified atom stereocenters. The molecule has 0 radical (unpaired) electrons. The number of benzene rings is 1. The number of halogens is 1. The molecule has 2 saturated heterocycles. The molecule has 2 amide bonds. The number of carbonyl (C=O) groups is 4. The van der Waals surface area contributed by atoms with Crippen molar-refractivity contribution in [3.63, 3.8) is 0 Å². The summed E-state index contributed by atoms with van der Waals surface area (Å²) in [5, 5.41) is 2.15. The number of nitrogens with two attached hydrogens (primary N) is 1. The summed E-state index contributed by atoms with van der Waals surface area (Å²) in [5.74, 6) is -2.78. The molecule has 2 aliphatic heterocycles. The third-order valence-electron chi connectivity index (χ3n) is 5.09. The molecule has 2 aliphatic rings. The Morgan fingerprint density at radius 3 is 2.42 bits per heavy atom. The fraction of sp³-hybridized carbons (Fsp3) is 0.500. The summed E-state index contributed by atoms with van der Waals surface area (Å²) in [6.07, 6.45) is -1.09. The second-order valence-corrected chi connectivity index (χ2v) is 9.66. The molecule has 0 bridgehead atoms. The van der Waals surface area contributed by atoms with E-state index in [1.54, 1.807) is 13.8 Å². The highest BCUT2D eigenvalue weighted by molar-refractivity contribution is 8.01. The summed E-state index contributed by atoms with van der Waals surface area (Å²) in [6.45, 7) is 6.17. The van der Waals surface area contributed by atoms with Crippen molar-refractivity contribution < 1.29 is 33.0 Å². The predicted octanol–water partition coefficient (Wildman–Crippen LogP) is 0.825. The van der Waals surface area contributed by atoms with E-state index in [0.717, 1.165) is 0 Å². The van der Waals surface area contributed by atoms with Gasteiger partial charge in [-0.2, -0.15) is 0 Å². The van der Waals surface area contributed by atoms with Gasteiger partial charge in [0.25, 0.3) is 0 Å². The minimum atomic E-state index is -1.09. The van der Waals surface area contributed by atoms with Gasteiger partial charge in [-0.3, -0.25) is 14.4 Å². The molecule has 0 saturated carbocycles. The lowest BCUT2D eigenvalue weighted by Gasteiger charge is -2.44. The van der Waals surface area contributed by atoms with Crippen LogP contribution in [0, 0.1) is 5.82 Å². The molecule has 0 spiro atoms. The van der Waals surface area contributed by atoms with Gasteiger partial charge in [0.15, 0.2) is 0 Å². The van der Waals surface area contributed by atoms with Gasteiger partial charge in [0.05, 0.1) is 0 Å². The summed E-state index contributed by atoms with van der Waals surface area (Å²) in [5.41, 5.74) is 6.35. The van der Waals surface area contributed by atoms with Crippen LogP contribution in [0.2, 0.25) is 0 Å². The number of carbonyl (C=O) groups excluding carboxylic acids is 4. The summed E-state index contributed by atoms with van der Waals surface area (Å²) in [7, 11) is 0. The molecule has 11 heteroatoms. The lowest BCUT2D eigenvalue weighted by Crippen LogP contribution is -2.71. The van der Waals surface area contributed by atoms with Gasteiger partial charge in [0.2, 0.25) is 18.1 Å². The third kappa shape index (κ3) is 4.52. The normalized spacial score (nSPS) is 25.7. The van der Waals surface area contributed by atoms with E-state index in [9.17, 15) is 23.6 Å². The molecule has 2 fully saturated rings. The zero-order valence-corrected chi connectivity index (χ0v) is 18.3. The fourth-order valence-corrected chi connectivity index (χ4v) is 5.30. The number of ether oxygens (including phenoxy) is 2. The molecule has 31 heavy (non-hydrogen) atoms. The third-order valence-corrected chi connectivity index (χ3v) is 6.66. The highest BCUT2D eigenvalue weighted by atomic mass is 32.2. The fourth-order valence-electron chi connectivity index (χ4n) is 3.68. The second kappa shape index (κ2) is 8.46. The topological polar surface area (TPSA) is 128 Å². The van der Waals surface area contributed by atoms with Crippen molar-refractivity contribution in [2.24, 2.45) is 5.73 Å². The monoisotopic (exact) mass is 453 g/mol. The van der Waals surface area contributed by atoms with Gasteiger partial charge in [0.1, 0.15) is 29.3 Å². The highest BCUT2D eigenvalue weighted by Crippen LogP contribution is 2.51. The largest absolute Gasteiger partial charge is 0.426 e. The predicted molar refractivity (Wildman–Crippen MR) is 109 cm³/mol. The van der Waals surface area contributed by atoms with E-state index in [1.165, 1.54) is 54.8 Å². The average molecular weight is 453 g/mol. The van der Waals surface area contributed by atoms with Crippen LogP contribution >= 0.6 is 11.8 Å². The lowest BCUT2D eigenvalue weighted by molar-refractivity contribution is -0.190. The quantitative estimate of drug-likeness (QED) is 0.368. The first-order valence-electron chi connectivity index (χ1n) is 9.61. The standard InChI is InChI=1S/C20H24FN3O6S/c1-9(25)29-10(2)30-19(28)15-20(3,4)31-18-14(17(27)24(15)18)23-16(26)13(22)11-5-7-12(21)8-6-11/h5-8,10,13-15,18H,22H2,1-4H3,(H,23,26)/t10?,13?,14-,15+,18-/m1/s1. The van der Waals surface area contributed by atoms with Gasteiger partial charge in [-0.1, -0.05) is 12.1 Å². The van der Waals surface area contributed by atoms with Crippen LogP contribution in [0.15, 0.2) is 24.3 Å². The number of nitrogens with one attached hydrogen (secondary N) is 1. The molecule has 2 heterocycles. The number of esters is 2. The molecule has 1 aromatic carbocycles. The van der Waals surface area contributed by atoms with Crippen molar-refractivity contribution in [3.05, 3.63) is 35.6 Å². The molecule has 168 valence electrons. The van der Waals surface area contributed by atoms with E-state index < -0.39 is 64.1 Å². The number of amides is 2. The number of fused-ring (bicyclic) bond motifs is 1. The Bertz CT molecular complexity index is 909. The van der Waals surface area contributed by atoms with Crippen LogP contribution in [0.25, 0.3) is 0 Å². The Balaban J connectivity index is 1.67. The van der Waals surface area contributed by atoms with Gasteiger partial charge < -0.3 is 25.4 Å².